The average molecular weight is 364 g/mol. The second-order valence-corrected chi connectivity index (χ2v) is 5.90. The number of nitrogens with zero attached hydrogens (tertiary/aromatic N) is 4. The van der Waals surface area contributed by atoms with Crippen molar-refractivity contribution in [2.45, 2.75) is 19.4 Å². The predicted octanol–water partition coefficient (Wildman–Crippen LogP) is 5.32. The Bertz CT molecular complexity index is 655. The van der Waals surface area contributed by atoms with E-state index in [0.717, 1.165) is 16.5 Å². The Hall–Kier alpha value is -1.59. The van der Waals surface area contributed by atoms with E-state index in [0.29, 0.717) is 6.42 Å². The summed E-state index contributed by atoms with van der Waals surface area (Å²) in [7, 11) is 0. The lowest BCUT2D eigenvalue weighted by Crippen LogP contribution is -1.93. The quantitative estimate of drug-likeness (QED) is 0.314. The van der Waals surface area contributed by atoms with Gasteiger partial charge in [-0.1, -0.05) is 23.3 Å². The van der Waals surface area contributed by atoms with Crippen LogP contribution >= 0.6 is 22.6 Å². The molecule has 2 rings (SSSR count). The Kier molecular flexibility index (Phi) is 4.76. The summed E-state index contributed by atoms with van der Waals surface area (Å²) in [4.78, 5) is 7.23. The maximum atomic E-state index is 8.70. The third-order valence-electron chi connectivity index (χ3n) is 2.83. The standard InChI is InChI=1S/C14H13IN4/c1-10(15)4-6-14(18-19-16)12-5-7-13-11(9-12)3-2-8-17-13/h2-5,7-9,14H,6H2,1H3/b10-4+/t14-/m0/s1. The summed E-state index contributed by atoms with van der Waals surface area (Å²) in [5, 5.41) is 4.95. The van der Waals surface area contributed by atoms with Gasteiger partial charge in [0.2, 0.25) is 0 Å². The van der Waals surface area contributed by atoms with Crippen molar-refractivity contribution in [1.82, 2.24) is 4.98 Å². The molecule has 2 aromatic rings. The van der Waals surface area contributed by atoms with E-state index in [1.54, 1.807) is 6.20 Å². The van der Waals surface area contributed by atoms with Crippen LogP contribution in [0, 0.1) is 0 Å². The summed E-state index contributed by atoms with van der Waals surface area (Å²) in [6, 6.07) is 9.73. The molecule has 5 heteroatoms. The van der Waals surface area contributed by atoms with E-state index in [4.69, 9.17) is 5.53 Å². The summed E-state index contributed by atoms with van der Waals surface area (Å²) >= 11 is 2.25. The molecule has 19 heavy (non-hydrogen) atoms. The summed E-state index contributed by atoms with van der Waals surface area (Å²) in [5.41, 5.74) is 10.7. The van der Waals surface area contributed by atoms with Crippen LogP contribution in [0.25, 0.3) is 21.3 Å². The first kappa shape index (κ1) is 13.8. The number of aromatic nitrogens is 1. The van der Waals surface area contributed by atoms with Crippen LogP contribution in [0.1, 0.15) is 24.9 Å². The number of halogens is 1. The lowest BCUT2D eigenvalue weighted by atomic mass is 10.0. The molecule has 0 saturated heterocycles. The summed E-state index contributed by atoms with van der Waals surface area (Å²) < 4.78 is 1.19. The largest absolute Gasteiger partial charge is 0.256 e. The molecule has 1 aromatic heterocycles. The zero-order valence-corrected chi connectivity index (χ0v) is 12.7. The molecular weight excluding hydrogens is 351 g/mol. The number of allylic oxidation sites excluding steroid dienone is 1. The molecule has 0 N–H and O–H groups in total. The molecule has 0 amide bonds. The van der Waals surface area contributed by atoms with E-state index in [1.807, 2.05) is 37.3 Å². The second kappa shape index (κ2) is 6.54. The van der Waals surface area contributed by atoms with Gasteiger partial charge in [0.1, 0.15) is 0 Å². The minimum absolute atomic E-state index is 0.167. The average Bonchev–Trinajstić information content (AvgIpc) is 2.42. The molecule has 1 aromatic carbocycles. The minimum Gasteiger partial charge on any atom is -0.256 e. The molecular formula is C14H13IN4. The minimum atomic E-state index is -0.167. The molecule has 0 aliphatic heterocycles. The molecule has 0 saturated carbocycles. The van der Waals surface area contributed by atoms with Crippen LogP contribution in [0.4, 0.5) is 0 Å². The van der Waals surface area contributed by atoms with Crippen LogP contribution in [0.2, 0.25) is 0 Å². The van der Waals surface area contributed by atoms with Crippen LogP contribution in [-0.2, 0) is 0 Å². The molecule has 0 fully saturated rings. The van der Waals surface area contributed by atoms with Gasteiger partial charge in [-0.05, 0) is 68.8 Å². The van der Waals surface area contributed by atoms with E-state index in [9.17, 15) is 0 Å². The van der Waals surface area contributed by atoms with Crippen molar-refractivity contribution >= 4 is 33.5 Å². The molecule has 0 radical (unpaired) electrons. The monoisotopic (exact) mass is 364 g/mol. The number of rotatable bonds is 4. The molecule has 4 nitrogen and oxygen atoms in total. The third kappa shape index (κ3) is 3.68. The molecule has 96 valence electrons. The number of benzene rings is 1. The number of hydrogen-bond acceptors (Lipinski definition) is 2. The van der Waals surface area contributed by atoms with Crippen LogP contribution in [-0.4, -0.2) is 4.98 Å². The van der Waals surface area contributed by atoms with Crippen molar-refractivity contribution in [3.63, 3.8) is 0 Å². The first-order valence-corrected chi connectivity index (χ1v) is 6.99. The Morgan fingerprint density at radius 1 is 1.53 bits per heavy atom. The zero-order valence-electron chi connectivity index (χ0n) is 10.5. The van der Waals surface area contributed by atoms with Gasteiger partial charge < -0.3 is 0 Å². The van der Waals surface area contributed by atoms with Crippen molar-refractivity contribution in [2.24, 2.45) is 5.11 Å². The van der Waals surface area contributed by atoms with E-state index >= 15 is 0 Å². The molecule has 0 aliphatic carbocycles. The first-order valence-electron chi connectivity index (χ1n) is 5.92. The van der Waals surface area contributed by atoms with E-state index < -0.39 is 0 Å². The molecule has 0 spiro atoms. The van der Waals surface area contributed by atoms with Gasteiger partial charge in [-0.3, -0.25) is 4.98 Å². The second-order valence-electron chi connectivity index (χ2n) is 4.20. The van der Waals surface area contributed by atoms with Crippen LogP contribution in [0.15, 0.2) is 51.3 Å². The van der Waals surface area contributed by atoms with Gasteiger partial charge in [0.25, 0.3) is 0 Å². The van der Waals surface area contributed by atoms with Gasteiger partial charge in [0.15, 0.2) is 0 Å². The Balaban J connectivity index is 2.38. The lowest BCUT2D eigenvalue weighted by molar-refractivity contribution is 0.734. The zero-order chi connectivity index (χ0) is 13.7. The van der Waals surface area contributed by atoms with Crippen LogP contribution < -0.4 is 0 Å². The van der Waals surface area contributed by atoms with E-state index in [2.05, 4.69) is 43.7 Å². The number of pyridine rings is 1. The van der Waals surface area contributed by atoms with Crippen molar-refractivity contribution in [3.8, 4) is 0 Å². The van der Waals surface area contributed by atoms with Crippen LogP contribution in [0.5, 0.6) is 0 Å². The van der Waals surface area contributed by atoms with Gasteiger partial charge in [0, 0.05) is 16.5 Å². The van der Waals surface area contributed by atoms with Gasteiger partial charge in [-0.2, -0.15) is 0 Å². The van der Waals surface area contributed by atoms with Crippen molar-refractivity contribution in [1.29, 1.82) is 0 Å². The van der Waals surface area contributed by atoms with Crippen molar-refractivity contribution < 1.29 is 0 Å². The van der Waals surface area contributed by atoms with E-state index in [1.165, 1.54) is 3.58 Å². The summed E-state index contributed by atoms with van der Waals surface area (Å²) in [6.07, 6.45) is 4.56. The van der Waals surface area contributed by atoms with Gasteiger partial charge in [-0.15, -0.1) is 0 Å². The highest BCUT2D eigenvalue weighted by atomic mass is 127. The topological polar surface area (TPSA) is 61.7 Å². The maximum absolute atomic E-state index is 8.70. The van der Waals surface area contributed by atoms with Crippen molar-refractivity contribution in [3.05, 3.63) is 62.2 Å². The fraction of sp³-hybridized carbons (Fsp3) is 0.214. The Morgan fingerprint density at radius 3 is 3.11 bits per heavy atom. The predicted molar refractivity (Wildman–Crippen MR) is 86.0 cm³/mol. The Morgan fingerprint density at radius 2 is 2.37 bits per heavy atom. The van der Waals surface area contributed by atoms with E-state index in [-0.39, 0.29) is 6.04 Å². The van der Waals surface area contributed by atoms with Gasteiger partial charge >= 0.3 is 0 Å². The Labute approximate surface area is 125 Å². The highest BCUT2D eigenvalue weighted by Crippen LogP contribution is 2.26. The molecule has 1 atom stereocenters. The fourth-order valence-electron chi connectivity index (χ4n) is 1.89. The first-order chi connectivity index (χ1) is 9.20. The third-order valence-corrected chi connectivity index (χ3v) is 3.27. The smallest absolute Gasteiger partial charge is 0.0702 e. The molecule has 0 unspecified atom stereocenters. The number of fused-ring (bicyclic) bond motifs is 1. The fourth-order valence-corrected chi connectivity index (χ4v) is 2.14. The number of azide groups is 1. The van der Waals surface area contributed by atoms with Gasteiger partial charge in [-0.25, -0.2) is 0 Å². The maximum Gasteiger partial charge on any atom is 0.0702 e. The highest BCUT2D eigenvalue weighted by Gasteiger charge is 2.09. The van der Waals surface area contributed by atoms with Crippen molar-refractivity contribution in [2.75, 3.05) is 0 Å². The normalized spacial score (nSPS) is 13.1. The lowest BCUT2D eigenvalue weighted by Gasteiger charge is -2.10. The highest BCUT2D eigenvalue weighted by molar-refractivity contribution is 14.1. The SMILES string of the molecule is C/C(I)=C\C[C@H](N=[N+]=[N-])c1ccc2ncccc2c1. The molecule has 0 aliphatic rings. The number of hydrogen-bond donors (Lipinski definition) is 0. The van der Waals surface area contributed by atoms with Gasteiger partial charge in [0.05, 0.1) is 11.6 Å². The molecule has 1 heterocycles. The summed E-state index contributed by atoms with van der Waals surface area (Å²) in [5.74, 6) is 0. The molecule has 0 bridgehead atoms. The van der Waals surface area contributed by atoms with Crippen LogP contribution in [0.3, 0.4) is 0 Å². The summed E-state index contributed by atoms with van der Waals surface area (Å²) in [6.45, 7) is 2.03.